The first kappa shape index (κ1) is 15.2. The number of ether oxygens (including phenoxy) is 1. The molecule has 2 rings (SSSR count). The molecule has 1 fully saturated rings. The van der Waals surface area contributed by atoms with Crippen molar-refractivity contribution in [1.29, 1.82) is 0 Å². The van der Waals surface area contributed by atoms with Crippen molar-refractivity contribution in [1.82, 2.24) is 9.71 Å². The highest BCUT2D eigenvalue weighted by Crippen LogP contribution is 2.19. The molecular formula is C13H21N3O3S. The minimum absolute atomic E-state index is 0.203. The molecule has 0 spiro atoms. The summed E-state index contributed by atoms with van der Waals surface area (Å²) in [6.07, 6.45) is 3.38. The fourth-order valence-electron chi connectivity index (χ4n) is 2.16. The first-order valence-electron chi connectivity index (χ1n) is 6.90. The Morgan fingerprint density at radius 2 is 2.15 bits per heavy atom. The van der Waals surface area contributed by atoms with E-state index >= 15 is 0 Å². The van der Waals surface area contributed by atoms with Crippen LogP contribution in [0, 0.1) is 5.92 Å². The zero-order valence-corrected chi connectivity index (χ0v) is 12.4. The molecule has 0 saturated carbocycles. The van der Waals surface area contributed by atoms with Crippen molar-refractivity contribution in [2.45, 2.75) is 24.7 Å². The number of nitrogens with zero attached hydrogens (tertiary/aromatic N) is 1. The Kier molecular flexibility index (Phi) is 5.33. The highest BCUT2D eigenvalue weighted by atomic mass is 32.2. The summed E-state index contributed by atoms with van der Waals surface area (Å²) in [6, 6.07) is 3.20. The van der Waals surface area contributed by atoms with Gasteiger partial charge in [0, 0.05) is 32.5 Å². The minimum Gasteiger partial charge on any atom is -0.381 e. The Hall–Kier alpha value is -1.18. The second kappa shape index (κ2) is 7.01. The molecule has 2 heterocycles. The van der Waals surface area contributed by atoms with E-state index in [0.717, 1.165) is 12.8 Å². The lowest BCUT2D eigenvalue weighted by Gasteiger charge is -2.22. The standard InChI is InChI=1S/C13H21N3O3S/c1-2-14-13-12(4-3-7-15-13)20(17,18)16-10-11-5-8-19-9-6-11/h3-4,7,11,16H,2,5-6,8-10H2,1H3,(H,14,15). The molecule has 7 heteroatoms. The zero-order valence-electron chi connectivity index (χ0n) is 11.6. The molecule has 2 N–H and O–H groups in total. The molecule has 0 aromatic carbocycles. The van der Waals surface area contributed by atoms with Crippen molar-refractivity contribution in [2.75, 3.05) is 31.6 Å². The van der Waals surface area contributed by atoms with Gasteiger partial charge < -0.3 is 10.1 Å². The summed E-state index contributed by atoms with van der Waals surface area (Å²) in [6.45, 7) is 4.40. The second-order valence-corrected chi connectivity index (χ2v) is 6.52. The molecule has 1 aliphatic rings. The van der Waals surface area contributed by atoms with Crippen LogP contribution in [-0.2, 0) is 14.8 Å². The van der Waals surface area contributed by atoms with Gasteiger partial charge >= 0.3 is 0 Å². The average molecular weight is 299 g/mol. The van der Waals surface area contributed by atoms with Crippen LogP contribution in [0.1, 0.15) is 19.8 Å². The Bertz CT molecular complexity index is 527. The fraction of sp³-hybridized carbons (Fsp3) is 0.615. The fourth-order valence-corrected chi connectivity index (χ4v) is 3.41. The van der Waals surface area contributed by atoms with Crippen LogP contribution in [0.3, 0.4) is 0 Å². The predicted octanol–water partition coefficient (Wildman–Crippen LogP) is 1.22. The maximum Gasteiger partial charge on any atom is 0.244 e. The first-order chi connectivity index (χ1) is 9.63. The summed E-state index contributed by atoms with van der Waals surface area (Å²) in [7, 11) is -3.53. The van der Waals surface area contributed by atoms with Gasteiger partial charge in [0.15, 0.2) is 0 Å². The molecular weight excluding hydrogens is 278 g/mol. The van der Waals surface area contributed by atoms with E-state index < -0.39 is 10.0 Å². The van der Waals surface area contributed by atoms with Crippen LogP contribution in [0.2, 0.25) is 0 Å². The molecule has 1 aliphatic heterocycles. The average Bonchev–Trinajstić information content (AvgIpc) is 2.47. The number of rotatable bonds is 6. The Morgan fingerprint density at radius 3 is 2.85 bits per heavy atom. The van der Waals surface area contributed by atoms with Crippen LogP contribution in [0.25, 0.3) is 0 Å². The number of nitrogens with one attached hydrogen (secondary N) is 2. The lowest BCUT2D eigenvalue weighted by atomic mass is 10.0. The van der Waals surface area contributed by atoms with Crippen molar-refractivity contribution < 1.29 is 13.2 Å². The van der Waals surface area contributed by atoms with Crippen molar-refractivity contribution in [3.8, 4) is 0 Å². The maximum atomic E-state index is 12.3. The van der Waals surface area contributed by atoms with Gasteiger partial charge in [0.1, 0.15) is 10.7 Å². The van der Waals surface area contributed by atoms with Crippen LogP contribution >= 0.6 is 0 Å². The molecule has 112 valence electrons. The van der Waals surface area contributed by atoms with Gasteiger partial charge in [-0.2, -0.15) is 0 Å². The third-order valence-electron chi connectivity index (χ3n) is 3.31. The molecule has 0 radical (unpaired) electrons. The molecule has 20 heavy (non-hydrogen) atoms. The number of sulfonamides is 1. The lowest BCUT2D eigenvalue weighted by molar-refractivity contribution is 0.0678. The number of pyridine rings is 1. The molecule has 1 saturated heterocycles. The molecule has 1 aromatic rings. The quantitative estimate of drug-likeness (QED) is 0.825. The van der Waals surface area contributed by atoms with Crippen molar-refractivity contribution in [3.63, 3.8) is 0 Å². The monoisotopic (exact) mass is 299 g/mol. The van der Waals surface area contributed by atoms with Crippen LogP contribution in [0.4, 0.5) is 5.82 Å². The number of anilines is 1. The molecule has 0 amide bonds. The summed E-state index contributed by atoms with van der Waals surface area (Å²) in [5.74, 6) is 0.743. The summed E-state index contributed by atoms with van der Waals surface area (Å²) >= 11 is 0. The summed E-state index contributed by atoms with van der Waals surface area (Å²) in [4.78, 5) is 4.28. The van der Waals surface area contributed by atoms with Crippen LogP contribution < -0.4 is 10.0 Å². The molecule has 0 aliphatic carbocycles. The van der Waals surface area contributed by atoms with Crippen molar-refractivity contribution >= 4 is 15.8 Å². The molecule has 0 unspecified atom stereocenters. The van der Waals surface area contributed by atoms with Crippen LogP contribution in [-0.4, -0.2) is 39.7 Å². The van der Waals surface area contributed by atoms with E-state index in [1.54, 1.807) is 18.3 Å². The van der Waals surface area contributed by atoms with E-state index in [9.17, 15) is 8.42 Å². The van der Waals surface area contributed by atoms with Gasteiger partial charge in [-0.05, 0) is 37.8 Å². The van der Waals surface area contributed by atoms with Crippen molar-refractivity contribution in [3.05, 3.63) is 18.3 Å². The smallest absolute Gasteiger partial charge is 0.244 e. The minimum atomic E-state index is -3.53. The van der Waals surface area contributed by atoms with E-state index in [4.69, 9.17) is 4.74 Å². The normalized spacial score (nSPS) is 17.1. The van der Waals surface area contributed by atoms with E-state index in [1.807, 2.05) is 6.92 Å². The molecule has 6 nitrogen and oxygen atoms in total. The summed E-state index contributed by atoms with van der Waals surface area (Å²) in [5, 5.41) is 2.97. The van der Waals surface area contributed by atoms with Crippen molar-refractivity contribution in [2.24, 2.45) is 5.92 Å². The molecule has 0 atom stereocenters. The van der Waals surface area contributed by atoms with Gasteiger partial charge in [-0.3, -0.25) is 0 Å². The van der Waals surface area contributed by atoms with Gasteiger partial charge in [-0.15, -0.1) is 0 Å². The Labute approximate surface area is 120 Å². The van der Waals surface area contributed by atoms with Gasteiger partial charge in [0.05, 0.1) is 0 Å². The third kappa shape index (κ3) is 3.91. The van der Waals surface area contributed by atoms with Crippen LogP contribution in [0.15, 0.2) is 23.2 Å². The first-order valence-corrected chi connectivity index (χ1v) is 8.38. The lowest BCUT2D eigenvalue weighted by Crippen LogP contribution is -2.32. The van der Waals surface area contributed by atoms with E-state index in [-0.39, 0.29) is 4.90 Å². The highest BCUT2D eigenvalue weighted by Gasteiger charge is 2.21. The van der Waals surface area contributed by atoms with E-state index in [0.29, 0.717) is 38.0 Å². The topological polar surface area (TPSA) is 80.3 Å². The van der Waals surface area contributed by atoms with Gasteiger partial charge in [-0.25, -0.2) is 18.1 Å². The SMILES string of the molecule is CCNc1ncccc1S(=O)(=O)NCC1CCOCC1. The summed E-state index contributed by atoms with van der Waals surface area (Å²) < 4.78 is 32.6. The third-order valence-corrected chi connectivity index (χ3v) is 4.76. The van der Waals surface area contributed by atoms with E-state index in [1.165, 1.54) is 0 Å². The van der Waals surface area contributed by atoms with Gasteiger partial charge in [0.2, 0.25) is 10.0 Å². The molecule has 0 bridgehead atoms. The second-order valence-electron chi connectivity index (χ2n) is 4.79. The van der Waals surface area contributed by atoms with E-state index in [2.05, 4.69) is 15.0 Å². The zero-order chi connectivity index (χ0) is 14.4. The maximum absolute atomic E-state index is 12.3. The van der Waals surface area contributed by atoms with Gasteiger partial charge in [0.25, 0.3) is 0 Å². The summed E-state index contributed by atoms with van der Waals surface area (Å²) in [5.41, 5.74) is 0. The number of hydrogen-bond acceptors (Lipinski definition) is 5. The molecule has 1 aromatic heterocycles. The Morgan fingerprint density at radius 1 is 1.40 bits per heavy atom. The highest BCUT2D eigenvalue weighted by molar-refractivity contribution is 7.89. The number of hydrogen-bond donors (Lipinski definition) is 2. The van der Waals surface area contributed by atoms with Gasteiger partial charge in [-0.1, -0.05) is 0 Å². The number of aromatic nitrogens is 1. The predicted molar refractivity (Wildman–Crippen MR) is 77.1 cm³/mol. The van der Waals surface area contributed by atoms with Crippen LogP contribution in [0.5, 0.6) is 0 Å². The largest absolute Gasteiger partial charge is 0.381 e. The Balaban J connectivity index is 2.05.